The number of hydrogen-bond donors (Lipinski definition) is 5. The Kier molecular flexibility index (Phi) is 5.32. The van der Waals surface area contributed by atoms with Crippen LogP contribution in [0.3, 0.4) is 0 Å². The third-order valence-corrected chi connectivity index (χ3v) is 6.07. The standard InChI is InChI=1S/C6H15NO7P2/c1-4(3-7-5(2)8)6(15(9,10)11)16(12,13)14/h4,6H,3H2,1-2H3,(H,7,8)(H2,9,10,11)(H2,12,13,14). The highest BCUT2D eigenvalue weighted by Crippen LogP contribution is 2.62. The van der Waals surface area contributed by atoms with Crippen LogP contribution in [0.4, 0.5) is 0 Å². The van der Waals surface area contributed by atoms with Crippen LogP contribution >= 0.6 is 15.2 Å². The molecule has 0 aliphatic heterocycles. The Morgan fingerprint density at radius 3 is 1.81 bits per heavy atom. The number of amides is 1. The summed E-state index contributed by atoms with van der Waals surface area (Å²) in [5, 5.41) is 0.153. The summed E-state index contributed by atoms with van der Waals surface area (Å²) in [6.07, 6.45) is 0. The number of carbonyl (C=O) groups is 1. The second kappa shape index (κ2) is 5.40. The summed E-state index contributed by atoms with van der Waals surface area (Å²) in [5.41, 5.74) is 0. The number of rotatable bonds is 5. The predicted octanol–water partition coefficient (Wildman–Crippen LogP) is -0.560. The molecular weight excluding hydrogens is 260 g/mol. The molecule has 0 aliphatic carbocycles. The molecule has 0 aromatic heterocycles. The SMILES string of the molecule is CC(=O)NCC(C)C(P(=O)(O)O)P(=O)(O)O. The second-order valence-corrected chi connectivity index (χ2v) is 7.38. The molecule has 0 fully saturated rings. The summed E-state index contributed by atoms with van der Waals surface area (Å²) in [6.45, 7) is 2.23. The smallest absolute Gasteiger partial charge is 0.341 e. The third-order valence-electron chi connectivity index (χ3n) is 1.87. The van der Waals surface area contributed by atoms with Gasteiger partial charge in [-0.2, -0.15) is 0 Å². The summed E-state index contributed by atoms with van der Waals surface area (Å²) in [4.78, 5) is 46.0. The largest absolute Gasteiger partial charge is 0.356 e. The number of hydrogen-bond acceptors (Lipinski definition) is 3. The minimum atomic E-state index is -4.93. The van der Waals surface area contributed by atoms with Crippen LogP contribution in [0.15, 0.2) is 0 Å². The second-order valence-electron chi connectivity index (χ2n) is 3.51. The molecule has 0 spiro atoms. The minimum Gasteiger partial charge on any atom is -0.356 e. The van der Waals surface area contributed by atoms with Crippen LogP contribution in [0.2, 0.25) is 0 Å². The van der Waals surface area contributed by atoms with Gasteiger partial charge in [-0.05, 0) is 5.92 Å². The third kappa shape index (κ3) is 5.21. The molecule has 96 valence electrons. The summed E-state index contributed by atoms with van der Waals surface area (Å²) < 4.78 is 21.9. The molecule has 0 bridgehead atoms. The van der Waals surface area contributed by atoms with Crippen molar-refractivity contribution in [2.45, 2.75) is 19.2 Å². The van der Waals surface area contributed by atoms with E-state index in [4.69, 9.17) is 19.6 Å². The average Bonchev–Trinajstić information content (AvgIpc) is 1.94. The zero-order chi connectivity index (χ0) is 13.1. The molecule has 0 aromatic rings. The van der Waals surface area contributed by atoms with Crippen molar-refractivity contribution < 1.29 is 33.5 Å². The fourth-order valence-corrected chi connectivity index (χ4v) is 4.37. The van der Waals surface area contributed by atoms with Crippen LogP contribution in [-0.2, 0) is 13.9 Å². The topological polar surface area (TPSA) is 144 Å². The van der Waals surface area contributed by atoms with Gasteiger partial charge in [0.1, 0.15) is 0 Å². The summed E-state index contributed by atoms with van der Waals surface area (Å²) in [6, 6.07) is 0. The fraction of sp³-hybridized carbons (Fsp3) is 0.833. The van der Waals surface area contributed by atoms with E-state index in [0.29, 0.717) is 0 Å². The molecule has 0 radical (unpaired) electrons. The molecule has 0 aliphatic rings. The first-order chi connectivity index (χ1) is 6.96. The van der Waals surface area contributed by atoms with Crippen molar-refractivity contribution in [1.82, 2.24) is 5.32 Å². The van der Waals surface area contributed by atoms with Gasteiger partial charge in [0.05, 0.1) is 0 Å². The fourth-order valence-electron chi connectivity index (χ4n) is 1.27. The summed E-state index contributed by atoms with van der Waals surface area (Å²) in [5.74, 6) is -1.48. The molecule has 1 amide bonds. The van der Waals surface area contributed by atoms with Gasteiger partial charge in [-0.1, -0.05) is 6.92 Å². The highest BCUT2D eigenvalue weighted by molar-refractivity contribution is 7.70. The molecule has 16 heavy (non-hydrogen) atoms. The molecule has 0 saturated heterocycles. The van der Waals surface area contributed by atoms with Gasteiger partial charge < -0.3 is 24.9 Å². The normalized spacial score (nSPS) is 14.9. The van der Waals surface area contributed by atoms with Crippen LogP contribution in [0, 0.1) is 5.92 Å². The maximum atomic E-state index is 11.0. The lowest BCUT2D eigenvalue weighted by molar-refractivity contribution is -0.119. The minimum absolute atomic E-state index is 0.212. The molecule has 0 heterocycles. The maximum Gasteiger partial charge on any atom is 0.341 e. The van der Waals surface area contributed by atoms with Crippen molar-refractivity contribution in [3.8, 4) is 0 Å². The Morgan fingerprint density at radius 2 is 1.56 bits per heavy atom. The van der Waals surface area contributed by atoms with Gasteiger partial charge in [-0.15, -0.1) is 0 Å². The first kappa shape index (κ1) is 15.8. The van der Waals surface area contributed by atoms with Gasteiger partial charge in [0.2, 0.25) is 5.91 Å². The maximum absolute atomic E-state index is 11.0. The molecule has 5 N–H and O–H groups in total. The van der Waals surface area contributed by atoms with Crippen molar-refractivity contribution in [3.05, 3.63) is 0 Å². The molecule has 0 rings (SSSR count). The summed E-state index contributed by atoms with van der Waals surface area (Å²) >= 11 is 0. The van der Waals surface area contributed by atoms with E-state index in [9.17, 15) is 13.9 Å². The Bertz CT molecular complexity index is 323. The van der Waals surface area contributed by atoms with E-state index in [2.05, 4.69) is 5.32 Å². The average molecular weight is 275 g/mol. The van der Waals surface area contributed by atoms with Gasteiger partial charge in [0.25, 0.3) is 0 Å². The van der Waals surface area contributed by atoms with Crippen molar-refractivity contribution in [2.24, 2.45) is 5.92 Å². The van der Waals surface area contributed by atoms with E-state index in [0.717, 1.165) is 0 Å². The van der Waals surface area contributed by atoms with Crippen LogP contribution in [0.25, 0.3) is 0 Å². The monoisotopic (exact) mass is 275 g/mol. The van der Waals surface area contributed by atoms with Crippen LogP contribution in [-0.4, -0.2) is 37.4 Å². The Labute approximate surface area is 92.4 Å². The molecule has 0 saturated carbocycles. The van der Waals surface area contributed by atoms with Crippen LogP contribution < -0.4 is 5.32 Å². The predicted molar refractivity (Wildman–Crippen MR) is 55.7 cm³/mol. The van der Waals surface area contributed by atoms with E-state index < -0.39 is 32.4 Å². The molecule has 10 heteroatoms. The molecule has 0 aromatic carbocycles. The van der Waals surface area contributed by atoms with Crippen molar-refractivity contribution >= 4 is 21.1 Å². The van der Waals surface area contributed by atoms with Gasteiger partial charge in [-0.25, -0.2) is 0 Å². The van der Waals surface area contributed by atoms with Crippen molar-refractivity contribution in [3.63, 3.8) is 0 Å². The Balaban J connectivity index is 4.87. The number of carbonyl (C=O) groups excluding carboxylic acids is 1. The van der Waals surface area contributed by atoms with Crippen LogP contribution in [0.1, 0.15) is 13.8 Å². The first-order valence-electron chi connectivity index (χ1n) is 4.31. The highest BCUT2D eigenvalue weighted by atomic mass is 31.2. The lowest BCUT2D eigenvalue weighted by Gasteiger charge is -2.25. The van der Waals surface area contributed by atoms with Crippen molar-refractivity contribution in [2.75, 3.05) is 6.54 Å². The lowest BCUT2D eigenvalue weighted by Crippen LogP contribution is -2.32. The molecule has 1 unspecified atom stereocenters. The molecule has 1 atom stereocenters. The van der Waals surface area contributed by atoms with Crippen LogP contribution in [0.5, 0.6) is 0 Å². The van der Waals surface area contributed by atoms with Crippen molar-refractivity contribution in [1.29, 1.82) is 0 Å². The van der Waals surface area contributed by atoms with E-state index in [1.165, 1.54) is 13.8 Å². The Hall–Kier alpha value is -0.230. The van der Waals surface area contributed by atoms with Gasteiger partial charge in [-0.3, -0.25) is 13.9 Å². The van der Waals surface area contributed by atoms with E-state index in [-0.39, 0.29) is 6.54 Å². The van der Waals surface area contributed by atoms with E-state index >= 15 is 0 Å². The summed E-state index contributed by atoms with van der Waals surface area (Å²) in [7, 11) is -9.86. The Morgan fingerprint density at radius 1 is 1.19 bits per heavy atom. The lowest BCUT2D eigenvalue weighted by atomic mass is 10.2. The first-order valence-corrected chi connectivity index (χ1v) is 7.67. The molecular formula is C6H15NO7P2. The van der Waals surface area contributed by atoms with Gasteiger partial charge >= 0.3 is 15.2 Å². The van der Waals surface area contributed by atoms with E-state index in [1.54, 1.807) is 0 Å². The van der Waals surface area contributed by atoms with Gasteiger partial charge in [0.15, 0.2) is 5.40 Å². The zero-order valence-corrected chi connectivity index (χ0v) is 10.6. The highest BCUT2D eigenvalue weighted by Gasteiger charge is 2.46. The quantitative estimate of drug-likeness (QED) is 0.423. The van der Waals surface area contributed by atoms with E-state index in [1.807, 2.05) is 0 Å². The number of nitrogens with one attached hydrogen (secondary N) is 1. The molecule has 8 nitrogen and oxygen atoms in total. The zero-order valence-electron chi connectivity index (χ0n) is 8.77. The van der Waals surface area contributed by atoms with Gasteiger partial charge in [0, 0.05) is 13.5 Å².